The van der Waals surface area contributed by atoms with E-state index in [4.69, 9.17) is 8.83 Å². The molecule has 0 N–H and O–H groups in total. The van der Waals surface area contributed by atoms with Crippen LogP contribution in [0.4, 0.5) is 0 Å². The zero-order valence-corrected chi connectivity index (χ0v) is 14.6. The van der Waals surface area contributed by atoms with Crippen LogP contribution in [0.25, 0.3) is 0 Å². The van der Waals surface area contributed by atoms with E-state index in [-0.39, 0.29) is 5.78 Å². The fraction of sp³-hybridized carbons (Fsp3) is 0.381. The van der Waals surface area contributed by atoms with E-state index in [1.807, 2.05) is 26.0 Å². The molecule has 0 amide bonds. The van der Waals surface area contributed by atoms with E-state index >= 15 is 0 Å². The van der Waals surface area contributed by atoms with Crippen molar-refractivity contribution in [3.05, 3.63) is 71.6 Å². The average Bonchev–Trinajstić information content (AvgIpc) is 3.20. The number of ketones is 1. The van der Waals surface area contributed by atoms with E-state index in [9.17, 15) is 4.79 Å². The van der Waals surface area contributed by atoms with Gasteiger partial charge in [-0.05, 0) is 75.3 Å². The van der Waals surface area contributed by atoms with Crippen LogP contribution in [0.1, 0.15) is 50.7 Å². The molecular weight excluding hydrogens is 300 g/mol. The molecule has 0 saturated heterocycles. The summed E-state index contributed by atoms with van der Waals surface area (Å²) in [6.07, 6.45) is 16.2. The Balaban J connectivity index is 1.67. The van der Waals surface area contributed by atoms with Crippen LogP contribution >= 0.6 is 0 Å². The summed E-state index contributed by atoms with van der Waals surface area (Å²) >= 11 is 0. The third-order valence-electron chi connectivity index (χ3n) is 3.98. The lowest BCUT2D eigenvalue weighted by Crippen LogP contribution is -1.96. The van der Waals surface area contributed by atoms with E-state index in [1.165, 1.54) is 11.1 Å². The molecule has 2 rings (SSSR count). The molecule has 0 spiro atoms. The van der Waals surface area contributed by atoms with Crippen LogP contribution in [0.5, 0.6) is 0 Å². The van der Waals surface area contributed by atoms with Crippen LogP contribution in [-0.2, 0) is 17.6 Å². The molecule has 0 radical (unpaired) electrons. The highest BCUT2D eigenvalue weighted by molar-refractivity contribution is 5.91. The Morgan fingerprint density at radius 3 is 2.29 bits per heavy atom. The van der Waals surface area contributed by atoms with Gasteiger partial charge in [0.1, 0.15) is 0 Å². The second-order valence-corrected chi connectivity index (χ2v) is 6.34. The molecular formula is C21H26O3. The Morgan fingerprint density at radius 2 is 1.67 bits per heavy atom. The summed E-state index contributed by atoms with van der Waals surface area (Å²) in [5, 5.41) is 0. The third-order valence-corrected chi connectivity index (χ3v) is 3.98. The predicted octanol–water partition coefficient (Wildman–Crippen LogP) is 5.68. The molecule has 0 atom stereocenters. The summed E-state index contributed by atoms with van der Waals surface area (Å²) in [6.45, 7) is 4.06. The summed E-state index contributed by atoms with van der Waals surface area (Å²) in [5.41, 5.74) is 4.69. The van der Waals surface area contributed by atoms with Crippen LogP contribution < -0.4 is 0 Å². The van der Waals surface area contributed by atoms with Gasteiger partial charge in [0.2, 0.25) is 0 Å². The topological polar surface area (TPSA) is 43.4 Å². The van der Waals surface area contributed by atoms with Gasteiger partial charge < -0.3 is 8.83 Å². The van der Waals surface area contributed by atoms with Crippen molar-refractivity contribution < 1.29 is 13.6 Å². The normalized spacial score (nSPS) is 12.6. The van der Waals surface area contributed by atoms with Crippen LogP contribution in [0.15, 0.2) is 69.3 Å². The summed E-state index contributed by atoms with van der Waals surface area (Å²) in [7, 11) is 0. The van der Waals surface area contributed by atoms with Gasteiger partial charge in [-0.1, -0.05) is 17.2 Å². The number of hydrogen-bond acceptors (Lipinski definition) is 3. The van der Waals surface area contributed by atoms with E-state index in [0.29, 0.717) is 6.42 Å². The number of furan rings is 2. The van der Waals surface area contributed by atoms with Crippen molar-refractivity contribution in [2.75, 3.05) is 0 Å². The van der Waals surface area contributed by atoms with Gasteiger partial charge in [0, 0.05) is 6.42 Å². The standard InChI is InChI=1S/C21H26O3/c1-17(5-3-7-19-9-11-23-15-19)13-21(22)14-18(2)6-4-8-20-10-12-24-16-20/h5,9-12,14-16H,3-4,6-8,13H2,1-2H3/b17-5+,18-14+. The Labute approximate surface area is 144 Å². The van der Waals surface area contributed by atoms with Gasteiger partial charge in [-0.15, -0.1) is 0 Å². The zero-order chi connectivity index (χ0) is 17.2. The molecule has 0 fully saturated rings. The molecule has 2 heterocycles. The molecule has 0 aliphatic heterocycles. The molecule has 24 heavy (non-hydrogen) atoms. The first-order valence-electron chi connectivity index (χ1n) is 8.51. The van der Waals surface area contributed by atoms with Crippen LogP contribution in [0.3, 0.4) is 0 Å². The second kappa shape index (κ2) is 9.76. The second-order valence-electron chi connectivity index (χ2n) is 6.34. The molecule has 128 valence electrons. The minimum absolute atomic E-state index is 0.188. The Hall–Kier alpha value is -2.29. The summed E-state index contributed by atoms with van der Waals surface area (Å²) < 4.78 is 10.1. The van der Waals surface area contributed by atoms with Gasteiger partial charge in [0.25, 0.3) is 0 Å². The van der Waals surface area contributed by atoms with Crippen LogP contribution in [-0.4, -0.2) is 5.78 Å². The number of allylic oxidation sites excluding steroid dienone is 4. The Morgan fingerprint density at radius 1 is 1.00 bits per heavy atom. The van der Waals surface area contributed by atoms with Crippen molar-refractivity contribution in [3.8, 4) is 0 Å². The van der Waals surface area contributed by atoms with Crippen molar-refractivity contribution in [3.63, 3.8) is 0 Å². The summed E-state index contributed by atoms with van der Waals surface area (Å²) in [4.78, 5) is 12.1. The molecule has 0 unspecified atom stereocenters. The summed E-state index contributed by atoms with van der Waals surface area (Å²) in [6, 6.07) is 3.96. The maximum atomic E-state index is 12.1. The Kier molecular flexibility index (Phi) is 7.34. The lowest BCUT2D eigenvalue weighted by Gasteiger charge is -2.02. The van der Waals surface area contributed by atoms with Gasteiger partial charge in [0.05, 0.1) is 25.1 Å². The average molecular weight is 326 g/mol. The highest BCUT2D eigenvalue weighted by atomic mass is 16.3. The molecule has 3 heteroatoms. The summed E-state index contributed by atoms with van der Waals surface area (Å²) in [5.74, 6) is 0.188. The monoisotopic (exact) mass is 326 g/mol. The quantitative estimate of drug-likeness (QED) is 0.417. The number of hydrogen-bond donors (Lipinski definition) is 0. The number of carbonyl (C=O) groups is 1. The predicted molar refractivity (Wildman–Crippen MR) is 95.8 cm³/mol. The van der Waals surface area contributed by atoms with E-state index in [1.54, 1.807) is 31.1 Å². The molecule has 2 aromatic rings. The van der Waals surface area contributed by atoms with Crippen molar-refractivity contribution in [2.45, 2.75) is 52.4 Å². The molecule has 0 aromatic carbocycles. The van der Waals surface area contributed by atoms with Gasteiger partial charge in [0.15, 0.2) is 5.78 Å². The van der Waals surface area contributed by atoms with Crippen LogP contribution in [0.2, 0.25) is 0 Å². The largest absolute Gasteiger partial charge is 0.472 e. The number of rotatable bonds is 10. The molecule has 2 aromatic heterocycles. The fourth-order valence-electron chi connectivity index (χ4n) is 2.67. The van der Waals surface area contributed by atoms with Gasteiger partial charge in [-0.2, -0.15) is 0 Å². The lowest BCUT2D eigenvalue weighted by molar-refractivity contribution is -0.114. The van der Waals surface area contributed by atoms with E-state index in [2.05, 4.69) is 6.08 Å². The SMILES string of the molecule is C/C(=C\C(=O)C/C(C)=C/CCc1ccoc1)CCCc1ccoc1. The smallest absolute Gasteiger partial charge is 0.159 e. The molecule has 0 aliphatic carbocycles. The van der Waals surface area contributed by atoms with Gasteiger partial charge in [-0.25, -0.2) is 0 Å². The lowest BCUT2D eigenvalue weighted by atomic mass is 10.0. The van der Waals surface area contributed by atoms with Crippen molar-refractivity contribution >= 4 is 5.78 Å². The Bertz CT molecular complexity index is 658. The van der Waals surface area contributed by atoms with Crippen LogP contribution in [0, 0.1) is 0 Å². The molecule has 0 bridgehead atoms. The maximum Gasteiger partial charge on any atom is 0.159 e. The first-order chi connectivity index (χ1) is 11.6. The highest BCUT2D eigenvalue weighted by Crippen LogP contribution is 2.12. The van der Waals surface area contributed by atoms with Gasteiger partial charge in [-0.3, -0.25) is 4.79 Å². The third kappa shape index (κ3) is 6.86. The molecule has 3 nitrogen and oxygen atoms in total. The first kappa shape index (κ1) is 18.1. The van der Waals surface area contributed by atoms with Gasteiger partial charge >= 0.3 is 0 Å². The number of carbonyl (C=O) groups excluding carboxylic acids is 1. The highest BCUT2D eigenvalue weighted by Gasteiger charge is 2.02. The minimum atomic E-state index is 0.188. The van der Waals surface area contributed by atoms with E-state index < -0.39 is 0 Å². The first-order valence-corrected chi connectivity index (χ1v) is 8.51. The minimum Gasteiger partial charge on any atom is -0.472 e. The fourth-order valence-corrected chi connectivity index (χ4v) is 2.67. The van der Waals surface area contributed by atoms with Crippen molar-refractivity contribution in [2.24, 2.45) is 0 Å². The van der Waals surface area contributed by atoms with Crippen molar-refractivity contribution in [1.82, 2.24) is 0 Å². The molecule has 0 saturated carbocycles. The zero-order valence-electron chi connectivity index (χ0n) is 14.6. The van der Waals surface area contributed by atoms with Crippen molar-refractivity contribution in [1.29, 1.82) is 0 Å². The van der Waals surface area contributed by atoms with E-state index in [0.717, 1.165) is 43.3 Å². The number of aryl methyl sites for hydroxylation is 2. The maximum absolute atomic E-state index is 12.1. The molecule has 0 aliphatic rings.